The quantitative estimate of drug-likeness (QED) is 0.767. The van der Waals surface area contributed by atoms with Crippen molar-refractivity contribution in [3.05, 3.63) is 11.7 Å². The number of nitrogens with zero attached hydrogens (tertiary/aromatic N) is 2. The molecule has 1 aromatic rings. The van der Waals surface area contributed by atoms with E-state index in [0.29, 0.717) is 17.0 Å². The predicted octanol–water partition coefficient (Wildman–Crippen LogP) is 2.48. The molecule has 0 atom stereocenters. The maximum absolute atomic E-state index is 11.5. The van der Waals surface area contributed by atoms with Crippen LogP contribution in [0.3, 0.4) is 0 Å². The van der Waals surface area contributed by atoms with Gasteiger partial charge in [0.25, 0.3) is 0 Å². The van der Waals surface area contributed by atoms with Gasteiger partial charge in [-0.2, -0.15) is 16.7 Å². The maximum Gasteiger partial charge on any atom is 0.234 e. The lowest BCUT2D eigenvalue weighted by molar-refractivity contribution is -0.121. The van der Waals surface area contributed by atoms with Crippen LogP contribution < -0.4 is 0 Å². The Hall–Kier alpha value is -0.840. The molecular weight excluding hydrogens is 224 g/mol. The highest BCUT2D eigenvalue weighted by Gasteiger charge is 2.14. The van der Waals surface area contributed by atoms with E-state index in [1.807, 2.05) is 13.8 Å². The Kier molecular flexibility index (Phi) is 4.99. The Morgan fingerprint density at radius 2 is 2.06 bits per heavy atom. The SMILES string of the molecule is CC(C)SCc1noc(CC(=O)C(C)C)n1. The fraction of sp³-hybridized carbons (Fsp3) is 0.727. The van der Waals surface area contributed by atoms with Crippen LogP contribution in [0.5, 0.6) is 0 Å². The molecule has 0 N–H and O–H groups in total. The predicted molar refractivity (Wildman–Crippen MR) is 64.3 cm³/mol. The van der Waals surface area contributed by atoms with Crippen LogP contribution in [0.2, 0.25) is 0 Å². The number of rotatable bonds is 6. The van der Waals surface area contributed by atoms with Gasteiger partial charge in [-0.25, -0.2) is 0 Å². The van der Waals surface area contributed by atoms with Crippen molar-refractivity contribution in [3.63, 3.8) is 0 Å². The fourth-order valence-corrected chi connectivity index (χ4v) is 1.61. The molecule has 0 amide bonds. The van der Waals surface area contributed by atoms with Crippen LogP contribution in [0.15, 0.2) is 4.52 Å². The van der Waals surface area contributed by atoms with Crippen molar-refractivity contribution in [2.45, 2.75) is 45.1 Å². The minimum atomic E-state index is 0.0142. The average Bonchev–Trinajstić information content (AvgIpc) is 2.62. The van der Waals surface area contributed by atoms with Crippen molar-refractivity contribution in [2.24, 2.45) is 5.92 Å². The second kappa shape index (κ2) is 6.03. The molecule has 0 fully saturated rings. The zero-order valence-electron chi connectivity index (χ0n) is 10.2. The first kappa shape index (κ1) is 13.2. The molecule has 0 aliphatic rings. The summed E-state index contributed by atoms with van der Waals surface area (Å²) in [5.41, 5.74) is 0. The molecule has 0 radical (unpaired) electrons. The summed E-state index contributed by atoms with van der Waals surface area (Å²) in [7, 11) is 0. The Morgan fingerprint density at radius 3 is 2.62 bits per heavy atom. The molecule has 0 aromatic carbocycles. The van der Waals surface area contributed by atoms with Crippen molar-refractivity contribution in [1.29, 1.82) is 0 Å². The Labute approximate surface area is 100 Å². The summed E-state index contributed by atoms with van der Waals surface area (Å²) >= 11 is 1.75. The molecule has 5 heteroatoms. The first-order chi connectivity index (χ1) is 7.49. The zero-order valence-corrected chi connectivity index (χ0v) is 11.0. The Balaban J connectivity index is 2.48. The van der Waals surface area contributed by atoms with Gasteiger partial charge < -0.3 is 4.52 Å². The van der Waals surface area contributed by atoms with Gasteiger partial charge in [-0.15, -0.1) is 0 Å². The average molecular weight is 242 g/mol. The van der Waals surface area contributed by atoms with E-state index < -0.39 is 0 Å². The summed E-state index contributed by atoms with van der Waals surface area (Å²) in [6.07, 6.45) is 0.247. The first-order valence-electron chi connectivity index (χ1n) is 5.44. The number of aromatic nitrogens is 2. The van der Waals surface area contributed by atoms with Gasteiger partial charge in [0.2, 0.25) is 5.89 Å². The van der Waals surface area contributed by atoms with E-state index in [4.69, 9.17) is 4.52 Å². The van der Waals surface area contributed by atoms with Crippen molar-refractivity contribution in [2.75, 3.05) is 0 Å². The molecule has 16 heavy (non-hydrogen) atoms. The Bertz CT molecular complexity index is 348. The topological polar surface area (TPSA) is 56.0 Å². The first-order valence-corrected chi connectivity index (χ1v) is 6.49. The van der Waals surface area contributed by atoms with Gasteiger partial charge in [-0.05, 0) is 5.25 Å². The molecule has 0 saturated heterocycles. The van der Waals surface area contributed by atoms with Crippen LogP contribution in [-0.4, -0.2) is 21.2 Å². The van der Waals surface area contributed by atoms with E-state index in [2.05, 4.69) is 24.0 Å². The molecule has 4 nitrogen and oxygen atoms in total. The second-order valence-electron chi connectivity index (χ2n) is 4.26. The number of hydrogen-bond acceptors (Lipinski definition) is 5. The number of thioether (sulfide) groups is 1. The molecule has 0 saturated carbocycles. The Morgan fingerprint density at radius 1 is 1.38 bits per heavy atom. The van der Waals surface area contributed by atoms with Gasteiger partial charge in [0, 0.05) is 5.92 Å². The number of carbonyl (C=O) groups excluding carboxylic acids is 1. The minimum Gasteiger partial charge on any atom is -0.339 e. The highest BCUT2D eigenvalue weighted by molar-refractivity contribution is 7.99. The second-order valence-corrected chi connectivity index (χ2v) is 5.83. The molecule has 0 aliphatic carbocycles. The smallest absolute Gasteiger partial charge is 0.234 e. The van der Waals surface area contributed by atoms with Crippen molar-refractivity contribution in [1.82, 2.24) is 10.1 Å². The molecule has 1 aromatic heterocycles. The summed E-state index contributed by atoms with van der Waals surface area (Å²) in [5, 5.41) is 4.38. The van der Waals surface area contributed by atoms with E-state index in [-0.39, 0.29) is 18.1 Å². The van der Waals surface area contributed by atoms with E-state index in [1.165, 1.54) is 0 Å². The molecule has 90 valence electrons. The van der Waals surface area contributed by atoms with Gasteiger partial charge in [-0.1, -0.05) is 32.9 Å². The summed E-state index contributed by atoms with van der Waals surface area (Å²) in [6, 6.07) is 0. The number of ketones is 1. The van der Waals surface area contributed by atoms with Crippen LogP contribution >= 0.6 is 11.8 Å². The third-order valence-corrected chi connectivity index (χ3v) is 3.12. The molecule has 0 spiro atoms. The maximum atomic E-state index is 11.5. The summed E-state index contributed by atoms with van der Waals surface area (Å²) in [5.74, 6) is 1.98. The molecule has 0 bridgehead atoms. The van der Waals surface area contributed by atoms with Crippen molar-refractivity contribution in [3.8, 4) is 0 Å². The van der Waals surface area contributed by atoms with Gasteiger partial charge in [0.1, 0.15) is 5.78 Å². The van der Waals surface area contributed by atoms with E-state index >= 15 is 0 Å². The lowest BCUT2D eigenvalue weighted by Gasteiger charge is -1.99. The molecule has 0 aliphatic heterocycles. The van der Waals surface area contributed by atoms with Gasteiger partial charge in [0.05, 0.1) is 12.2 Å². The minimum absolute atomic E-state index is 0.0142. The van der Waals surface area contributed by atoms with Gasteiger partial charge in [-0.3, -0.25) is 4.79 Å². The van der Waals surface area contributed by atoms with Crippen molar-refractivity contribution < 1.29 is 9.32 Å². The van der Waals surface area contributed by atoms with Crippen LogP contribution in [-0.2, 0) is 17.0 Å². The van der Waals surface area contributed by atoms with E-state index in [1.54, 1.807) is 11.8 Å². The zero-order chi connectivity index (χ0) is 12.1. The summed E-state index contributed by atoms with van der Waals surface area (Å²) < 4.78 is 5.02. The highest BCUT2D eigenvalue weighted by atomic mass is 32.2. The van der Waals surface area contributed by atoms with E-state index in [9.17, 15) is 4.79 Å². The fourth-order valence-electron chi connectivity index (χ4n) is 1.01. The van der Waals surface area contributed by atoms with Crippen molar-refractivity contribution >= 4 is 17.5 Å². The third kappa shape index (κ3) is 4.35. The summed E-state index contributed by atoms with van der Waals surface area (Å²) in [6.45, 7) is 7.98. The van der Waals surface area contributed by atoms with Gasteiger partial charge in [0.15, 0.2) is 5.82 Å². The molecule has 0 unspecified atom stereocenters. The number of hydrogen-bond donors (Lipinski definition) is 0. The van der Waals surface area contributed by atoms with Crippen LogP contribution in [0.4, 0.5) is 0 Å². The standard InChI is InChI=1S/C11H18N2O2S/c1-7(2)9(14)5-11-12-10(13-15-11)6-16-8(3)4/h7-8H,5-6H2,1-4H3. The lowest BCUT2D eigenvalue weighted by atomic mass is 10.1. The number of Topliss-reactive ketones (excluding diaryl/α,β-unsaturated/α-hetero) is 1. The monoisotopic (exact) mass is 242 g/mol. The number of carbonyl (C=O) groups is 1. The van der Waals surface area contributed by atoms with Crippen LogP contribution in [0.25, 0.3) is 0 Å². The normalized spacial score (nSPS) is 11.4. The van der Waals surface area contributed by atoms with Gasteiger partial charge >= 0.3 is 0 Å². The highest BCUT2D eigenvalue weighted by Crippen LogP contribution is 2.15. The summed E-state index contributed by atoms with van der Waals surface area (Å²) in [4.78, 5) is 15.6. The third-order valence-electron chi connectivity index (χ3n) is 2.03. The lowest BCUT2D eigenvalue weighted by Crippen LogP contribution is -2.10. The van der Waals surface area contributed by atoms with Crippen LogP contribution in [0.1, 0.15) is 39.4 Å². The largest absolute Gasteiger partial charge is 0.339 e. The molecular formula is C11H18N2O2S. The molecule has 1 heterocycles. The van der Waals surface area contributed by atoms with Crippen LogP contribution in [0, 0.1) is 5.92 Å². The van der Waals surface area contributed by atoms with E-state index in [0.717, 1.165) is 5.75 Å². The molecule has 1 rings (SSSR count).